The van der Waals surface area contributed by atoms with E-state index in [1.165, 1.54) is 24.3 Å². The average Bonchev–Trinajstić information content (AvgIpc) is 3.09. The number of allylic oxidation sites excluding steroid dienone is 1. The standard InChI is InChI=1S/C23H19F4N3/c1-14-5-10-19-18(12-20(29-19)15-6-8-16(24)9-7-15)21(30(2)13-14)17-4-3-11-28-22(17)23(25,26)27/h3-4,6-9,11-13H,5,10H2,1-2H3/p+1. The van der Waals surface area contributed by atoms with E-state index in [9.17, 15) is 17.6 Å². The van der Waals surface area contributed by atoms with Crippen molar-refractivity contribution in [3.8, 4) is 11.3 Å². The molecule has 0 spiro atoms. The van der Waals surface area contributed by atoms with Crippen LogP contribution in [0.5, 0.6) is 0 Å². The van der Waals surface area contributed by atoms with Crippen molar-refractivity contribution in [1.29, 1.82) is 0 Å². The predicted molar refractivity (Wildman–Crippen MR) is 107 cm³/mol. The van der Waals surface area contributed by atoms with Crippen LogP contribution in [-0.4, -0.2) is 27.3 Å². The van der Waals surface area contributed by atoms with Crippen molar-refractivity contribution in [3.05, 3.63) is 88.8 Å². The highest BCUT2D eigenvalue weighted by atomic mass is 19.4. The van der Waals surface area contributed by atoms with Crippen LogP contribution in [0.1, 0.15) is 35.9 Å². The van der Waals surface area contributed by atoms with Crippen molar-refractivity contribution in [1.82, 2.24) is 9.97 Å². The first kappa shape index (κ1) is 20.1. The molecule has 3 heterocycles. The first-order valence-corrected chi connectivity index (χ1v) is 9.52. The molecule has 0 bridgehead atoms. The number of fused-ring (bicyclic) bond motifs is 1. The summed E-state index contributed by atoms with van der Waals surface area (Å²) in [4.78, 5) is 6.97. The Bertz CT molecular complexity index is 1150. The van der Waals surface area contributed by atoms with Crippen molar-refractivity contribution < 1.29 is 22.1 Å². The van der Waals surface area contributed by atoms with E-state index in [0.717, 1.165) is 35.1 Å². The largest absolute Gasteiger partial charge is 0.434 e. The molecule has 1 N–H and O–H groups in total. The van der Waals surface area contributed by atoms with Crippen LogP contribution in [0, 0.1) is 5.82 Å². The number of pyridine rings is 1. The lowest BCUT2D eigenvalue weighted by Gasteiger charge is -2.14. The van der Waals surface area contributed by atoms with E-state index in [1.54, 1.807) is 23.8 Å². The topological polar surface area (TPSA) is 31.7 Å². The summed E-state index contributed by atoms with van der Waals surface area (Å²) in [6.07, 6.45) is -0.151. The third-order valence-electron chi connectivity index (χ3n) is 5.18. The Kier molecular flexibility index (Phi) is 5.05. The van der Waals surface area contributed by atoms with Gasteiger partial charge in [0.2, 0.25) is 5.71 Å². The number of nitrogens with zero attached hydrogens (tertiary/aromatic N) is 2. The van der Waals surface area contributed by atoms with Crippen LogP contribution in [0.2, 0.25) is 0 Å². The van der Waals surface area contributed by atoms with Crippen LogP contribution in [0.25, 0.3) is 11.3 Å². The normalized spacial score (nSPS) is 14.8. The highest BCUT2D eigenvalue weighted by Gasteiger charge is 2.39. The maximum Gasteiger partial charge on any atom is 0.434 e. The van der Waals surface area contributed by atoms with E-state index in [2.05, 4.69) is 9.97 Å². The Morgan fingerprint density at radius 3 is 2.47 bits per heavy atom. The molecule has 1 aliphatic rings. The SMILES string of the molecule is CC1=C[N+](C)=C(c2cccnc2C(F)(F)F)c2cc(-c3ccc(F)cc3)[nH]c2CC1. The zero-order valence-corrected chi connectivity index (χ0v) is 16.5. The van der Waals surface area contributed by atoms with Gasteiger partial charge in [0.25, 0.3) is 0 Å². The maximum absolute atomic E-state index is 13.7. The highest BCUT2D eigenvalue weighted by Crippen LogP contribution is 2.33. The molecule has 30 heavy (non-hydrogen) atoms. The van der Waals surface area contributed by atoms with E-state index < -0.39 is 11.9 Å². The monoisotopic (exact) mass is 414 g/mol. The van der Waals surface area contributed by atoms with Crippen LogP contribution >= 0.6 is 0 Å². The Morgan fingerprint density at radius 2 is 1.77 bits per heavy atom. The number of benzene rings is 1. The van der Waals surface area contributed by atoms with E-state index in [0.29, 0.717) is 17.7 Å². The number of alkyl halides is 3. The lowest BCUT2D eigenvalue weighted by atomic mass is 9.96. The van der Waals surface area contributed by atoms with Gasteiger partial charge in [-0.25, -0.2) is 8.97 Å². The second-order valence-electron chi connectivity index (χ2n) is 7.41. The van der Waals surface area contributed by atoms with Crippen molar-refractivity contribution >= 4 is 5.71 Å². The highest BCUT2D eigenvalue weighted by molar-refractivity contribution is 6.12. The molecule has 3 nitrogen and oxygen atoms in total. The molecule has 4 rings (SSSR count). The van der Waals surface area contributed by atoms with Gasteiger partial charge >= 0.3 is 6.18 Å². The number of hydrogen-bond acceptors (Lipinski definition) is 1. The van der Waals surface area contributed by atoms with Gasteiger partial charge in [0.1, 0.15) is 12.9 Å². The molecular weight excluding hydrogens is 394 g/mol. The molecule has 0 amide bonds. The molecular formula is C23H20F4N3+. The molecule has 7 heteroatoms. The van der Waals surface area contributed by atoms with Crippen molar-refractivity contribution in [2.75, 3.05) is 7.05 Å². The molecule has 0 unspecified atom stereocenters. The lowest BCUT2D eigenvalue weighted by Crippen LogP contribution is -2.23. The van der Waals surface area contributed by atoms with Gasteiger partial charge in [0.15, 0.2) is 11.9 Å². The summed E-state index contributed by atoms with van der Waals surface area (Å²) in [5.74, 6) is -0.347. The number of halogens is 4. The van der Waals surface area contributed by atoms with Gasteiger partial charge in [-0.3, -0.25) is 4.98 Å². The second kappa shape index (κ2) is 7.55. The fraction of sp³-hybridized carbons (Fsp3) is 0.217. The average molecular weight is 414 g/mol. The fourth-order valence-corrected chi connectivity index (χ4v) is 3.82. The third kappa shape index (κ3) is 3.79. The Balaban J connectivity index is 1.96. The van der Waals surface area contributed by atoms with E-state index in [-0.39, 0.29) is 11.4 Å². The van der Waals surface area contributed by atoms with Crippen molar-refractivity contribution in [2.45, 2.75) is 25.9 Å². The molecule has 3 aromatic rings. The van der Waals surface area contributed by atoms with Crippen LogP contribution in [0.15, 0.2) is 60.4 Å². The summed E-state index contributed by atoms with van der Waals surface area (Å²) in [5.41, 5.74) is 3.57. The van der Waals surface area contributed by atoms with Gasteiger partial charge in [-0.2, -0.15) is 13.2 Å². The molecule has 1 aromatic carbocycles. The molecule has 1 aliphatic heterocycles. The Labute approximate surface area is 171 Å². The quantitative estimate of drug-likeness (QED) is 0.432. The number of aromatic amines is 1. The van der Waals surface area contributed by atoms with Gasteiger partial charge in [0, 0.05) is 17.6 Å². The van der Waals surface area contributed by atoms with E-state index in [4.69, 9.17) is 0 Å². The van der Waals surface area contributed by atoms with E-state index in [1.807, 2.05) is 19.2 Å². The predicted octanol–water partition coefficient (Wildman–Crippen LogP) is 5.56. The van der Waals surface area contributed by atoms with Gasteiger partial charge in [-0.05, 0) is 73.4 Å². The van der Waals surface area contributed by atoms with Crippen LogP contribution in [0.3, 0.4) is 0 Å². The first-order valence-electron chi connectivity index (χ1n) is 9.52. The number of hydrogen-bond donors (Lipinski definition) is 1. The lowest BCUT2D eigenvalue weighted by molar-refractivity contribution is -0.422. The van der Waals surface area contributed by atoms with E-state index >= 15 is 0 Å². The molecule has 0 saturated heterocycles. The number of rotatable bonds is 2. The zero-order valence-electron chi connectivity index (χ0n) is 16.5. The minimum atomic E-state index is -4.58. The Morgan fingerprint density at radius 1 is 1.03 bits per heavy atom. The Hall–Kier alpha value is -3.22. The maximum atomic E-state index is 13.7. The zero-order chi connectivity index (χ0) is 21.5. The van der Waals surface area contributed by atoms with Gasteiger partial charge < -0.3 is 4.98 Å². The van der Waals surface area contributed by atoms with Crippen molar-refractivity contribution in [2.24, 2.45) is 0 Å². The van der Waals surface area contributed by atoms with Crippen LogP contribution < -0.4 is 0 Å². The number of H-pyrrole nitrogens is 1. The van der Waals surface area contributed by atoms with Gasteiger partial charge in [0.05, 0.1) is 11.1 Å². The van der Waals surface area contributed by atoms with Crippen LogP contribution in [-0.2, 0) is 12.6 Å². The summed E-state index contributed by atoms with van der Waals surface area (Å²) >= 11 is 0. The summed E-state index contributed by atoms with van der Waals surface area (Å²) in [5, 5.41) is 0. The minimum Gasteiger partial charge on any atom is -0.358 e. The van der Waals surface area contributed by atoms with Crippen LogP contribution in [0.4, 0.5) is 17.6 Å². The summed E-state index contributed by atoms with van der Waals surface area (Å²) < 4.78 is 56.2. The summed E-state index contributed by atoms with van der Waals surface area (Å²) in [6, 6.07) is 10.8. The molecule has 154 valence electrons. The molecule has 0 aliphatic carbocycles. The second-order valence-corrected chi connectivity index (χ2v) is 7.41. The molecule has 0 radical (unpaired) electrons. The molecule has 0 saturated carbocycles. The fourth-order valence-electron chi connectivity index (χ4n) is 3.82. The number of nitrogens with one attached hydrogen (secondary N) is 1. The number of aryl methyl sites for hydroxylation is 1. The summed E-state index contributed by atoms with van der Waals surface area (Å²) in [7, 11) is 1.74. The minimum absolute atomic E-state index is 0.0179. The number of aromatic nitrogens is 2. The third-order valence-corrected chi connectivity index (χ3v) is 5.18. The molecule has 0 atom stereocenters. The molecule has 0 fully saturated rings. The van der Waals surface area contributed by atoms with Gasteiger partial charge in [-0.15, -0.1) is 0 Å². The van der Waals surface area contributed by atoms with Crippen molar-refractivity contribution in [3.63, 3.8) is 0 Å². The molecule has 2 aromatic heterocycles. The summed E-state index contributed by atoms with van der Waals surface area (Å²) in [6.45, 7) is 1.96. The smallest absolute Gasteiger partial charge is 0.358 e. The first-order chi connectivity index (χ1) is 14.2. The van der Waals surface area contributed by atoms with Gasteiger partial charge in [-0.1, -0.05) is 0 Å².